The maximum Gasteiger partial charge on any atom is 0.573 e. The third-order valence-corrected chi connectivity index (χ3v) is 2.32. The minimum Gasteiger partial charge on any atom is -0.406 e. The van der Waals surface area contributed by atoms with Crippen molar-refractivity contribution in [1.29, 1.82) is 0 Å². The Morgan fingerprint density at radius 1 is 1.00 bits per heavy atom. The summed E-state index contributed by atoms with van der Waals surface area (Å²) in [6, 6.07) is 6.05. The first-order valence-corrected chi connectivity index (χ1v) is 5.50. The number of aryl methyl sites for hydroxylation is 1. The van der Waals surface area contributed by atoms with E-state index < -0.39 is 6.36 Å². The van der Waals surface area contributed by atoms with Gasteiger partial charge in [-0.2, -0.15) is 0 Å². The van der Waals surface area contributed by atoms with E-state index in [1.54, 1.807) is 12.1 Å². The summed E-state index contributed by atoms with van der Waals surface area (Å²) in [6.45, 7) is 6.40. The second kappa shape index (κ2) is 4.98. The second-order valence-corrected chi connectivity index (χ2v) is 5.25. The summed E-state index contributed by atoms with van der Waals surface area (Å²) >= 11 is 0. The smallest absolute Gasteiger partial charge is 0.406 e. The standard InChI is InChI=1S/C13H17F3O/c1-12(2,3)9-8-10-4-6-11(7-5-10)17-13(14,15)16/h4-7H,8-9H2,1-3H3. The first-order chi connectivity index (χ1) is 7.66. The molecule has 0 amide bonds. The van der Waals surface area contributed by atoms with Crippen molar-refractivity contribution in [3.8, 4) is 5.75 Å². The minimum atomic E-state index is -4.62. The molecule has 0 radical (unpaired) electrons. The van der Waals surface area contributed by atoms with Gasteiger partial charge in [-0.1, -0.05) is 32.9 Å². The number of alkyl halides is 3. The Morgan fingerprint density at radius 2 is 1.53 bits per heavy atom. The summed E-state index contributed by atoms with van der Waals surface area (Å²) in [5.41, 5.74) is 1.25. The normalized spacial score (nSPS) is 12.6. The Labute approximate surface area is 99.6 Å². The zero-order valence-corrected chi connectivity index (χ0v) is 10.3. The van der Waals surface area contributed by atoms with Gasteiger partial charge >= 0.3 is 6.36 Å². The number of hydrogen-bond acceptors (Lipinski definition) is 1. The van der Waals surface area contributed by atoms with E-state index in [4.69, 9.17) is 0 Å². The molecule has 96 valence electrons. The van der Waals surface area contributed by atoms with E-state index in [0.29, 0.717) is 0 Å². The molecule has 0 atom stereocenters. The Kier molecular flexibility index (Phi) is 4.07. The third-order valence-electron chi connectivity index (χ3n) is 2.32. The van der Waals surface area contributed by atoms with Crippen molar-refractivity contribution in [1.82, 2.24) is 0 Å². The zero-order chi connectivity index (χ0) is 13.1. The van der Waals surface area contributed by atoms with Crippen molar-refractivity contribution in [3.63, 3.8) is 0 Å². The molecule has 17 heavy (non-hydrogen) atoms. The summed E-state index contributed by atoms with van der Waals surface area (Å²) in [7, 11) is 0. The fourth-order valence-electron chi connectivity index (χ4n) is 1.38. The molecule has 0 aliphatic rings. The quantitative estimate of drug-likeness (QED) is 0.759. The van der Waals surface area contributed by atoms with Gasteiger partial charge in [0.15, 0.2) is 0 Å². The fourth-order valence-corrected chi connectivity index (χ4v) is 1.38. The molecule has 0 aromatic heterocycles. The van der Waals surface area contributed by atoms with Crippen LogP contribution in [0.2, 0.25) is 0 Å². The highest BCUT2D eigenvalue weighted by Crippen LogP contribution is 2.25. The molecule has 0 unspecified atom stereocenters. The average molecular weight is 246 g/mol. The van der Waals surface area contributed by atoms with E-state index in [1.807, 2.05) is 0 Å². The van der Waals surface area contributed by atoms with Crippen LogP contribution in [0.5, 0.6) is 5.75 Å². The van der Waals surface area contributed by atoms with Crippen molar-refractivity contribution in [2.75, 3.05) is 0 Å². The average Bonchev–Trinajstić information content (AvgIpc) is 2.13. The molecule has 0 bridgehead atoms. The number of halogens is 3. The number of benzene rings is 1. The van der Waals surface area contributed by atoms with Gasteiger partial charge in [0.2, 0.25) is 0 Å². The van der Waals surface area contributed by atoms with E-state index in [2.05, 4.69) is 25.5 Å². The Balaban J connectivity index is 2.56. The lowest BCUT2D eigenvalue weighted by Crippen LogP contribution is -2.17. The molecule has 1 nitrogen and oxygen atoms in total. The van der Waals surface area contributed by atoms with Crippen LogP contribution >= 0.6 is 0 Å². The monoisotopic (exact) mass is 246 g/mol. The topological polar surface area (TPSA) is 9.23 Å². The first-order valence-electron chi connectivity index (χ1n) is 5.50. The van der Waals surface area contributed by atoms with E-state index in [1.165, 1.54) is 12.1 Å². The molecular weight excluding hydrogens is 229 g/mol. The molecule has 1 rings (SSSR count). The van der Waals surface area contributed by atoms with Gasteiger partial charge in [0.05, 0.1) is 0 Å². The molecule has 0 fully saturated rings. The Bertz CT molecular complexity index is 346. The molecule has 0 saturated carbocycles. The van der Waals surface area contributed by atoms with E-state index >= 15 is 0 Å². The van der Waals surface area contributed by atoms with Gasteiger partial charge in [0.1, 0.15) is 5.75 Å². The maximum absolute atomic E-state index is 11.9. The number of hydrogen-bond donors (Lipinski definition) is 0. The lowest BCUT2D eigenvalue weighted by Gasteiger charge is -2.17. The predicted molar refractivity (Wildman–Crippen MR) is 60.9 cm³/mol. The first kappa shape index (κ1) is 13.9. The third kappa shape index (κ3) is 6.19. The van der Waals surface area contributed by atoms with Crippen LogP contribution in [-0.4, -0.2) is 6.36 Å². The summed E-state index contributed by atoms with van der Waals surface area (Å²) in [4.78, 5) is 0. The van der Waals surface area contributed by atoms with E-state index in [-0.39, 0.29) is 11.2 Å². The van der Waals surface area contributed by atoms with Crippen LogP contribution in [0.25, 0.3) is 0 Å². The number of ether oxygens (including phenoxy) is 1. The molecule has 0 spiro atoms. The van der Waals surface area contributed by atoms with Crippen molar-refractivity contribution in [2.24, 2.45) is 5.41 Å². The van der Waals surface area contributed by atoms with Gasteiger partial charge in [0.25, 0.3) is 0 Å². The lowest BCUT2D eigenvalue weighted by atomic mass is 9.89. The predicted octanol–water partition coefficient (Wildman–Crippen LogP) is 4.56. The molecule has 0 N–H and O–H groups in total. The fraction of sp³-hybridized carbons (Fsp3) is 0.538. The van der Waals surface area contributed by atoms with Gasteiger partial charge in [0, 0.05) is 0 Å². The lowest BCUT2D eigenvalue weighted by molar-refractivity contribution is -0.274. The number of rotatable bonds is 3. The van der Waals surface area contributed by atoms with Crippen molar-refractivity contribution < 1.29 is 17.9 Å². The Morgan fingerprint density at radius 3 is 1.94 bits per heavy atom. The highest BCUT2D eigenvalue weighted by molar-refractivity contribution is 5.27. The molecule has 1 aromatic carbocycles. The van der Waals surface area contributed by atoms with Gasteiger partial charge in [-0.05, 0) is 36.0 Å². The summed E-state index contributed by atoms with van der Waals surface area (Å²) < 4.78 is 39.6. The van der Waals surface area contributed by atoms with Crippen molar-refractivity contribution in [2.45, 2.75) is 40.0 Å². The molecule has 0 aliphatic heterocycles. The van der Waals surface area contributed by atoms with Crippen LogP contribution < -0.4 is 4.74 Å². The maximum atomic E-state index is 11.9. The highest BCUT2D eigenvalue weighted by atomic mass is 19.4. The Hall–Kier alpha value is -1.19. The van der Waals surface area contributed by atoms with Gasteiger partial charge in [-0.15, -0.1) is 13.2 Å². The van der Waals surface area contributed by atoms with Gasteiger partial charge in [-0.3, -0.25) is 0 Å². The molecule has 0 saturated heterocycles. The van der Waals surface area contributed by atoms with Crippen molar-refractivity contribution >= 4 is 0 Å². The van der Waals surface area contributed by atoms with Crippen LogP contribution in [0.4, 0.5) is 13.2 Å². The zero-order valence-electron chi connectivity index (χ0n) is 10.3. The van der Waals surface area contributed by atoms with Crippen LogP contribution in [-0.2, 0) is 6.42 Å². The molecule has 0 heterocycles. The van der Waals surface area contributed by atoms with Crippen LogP contribution in [0.1, 0.15) is 32.8 Å². The molecule has 4 heteroatoms. The van der Waals surface area contributed by atoms with Crippen LogP contribution in [0.3, 0.4) is 0 Å². The van der Waals surface area contributed by atoms with Crippen molar-refractivity contribution in [3.05, 3.63) is 29.8 Å². The van der Waals surface area contributed by atoms with E-state index in [0.717, 1.165) is 18.4 Å². The SMILES string of the molecule is CC(C)(C)CCc1ccc(OC(F)(F)F)cc1. The van der Waals surface area contributed by atoms with Crippen LogP contribution in [0, 0.1) is 5.41 Å². The summed E-state index contributed by atoms with van der Waals surface area (Å²) in [5.74, 6) is -0.169. The minimum absolute atomic E-state index is 0.169. The molecule has 1 aromatic rings. The molecular formula is C13H17F3O. The van der Waals surface area contributed by atoms with Gasteiger partial charge in [-0.25, -0.2) is 0 Å². The van der Waals surface area contributed by atoms with Gasteiger partial charge < -0.3 is 4.74 Å². The second-order valence-electron chi connectivity index (χ2n) is 5.25. The summed E-state index contributed by atoms with van der Waals surface area (Å²) in [6.07, 6.45) is -2.77. The summed E-state index contributed by atoms with van der Waals surface area (Å²) in [5, 5.41) is 0. The largest absolute Gasteiger partial charge is 0.573 e. The highest BCUT2D eigenvalue weighted by Gasteiger charge is 2.30. The van der Waals surface area contributed by atoms with E-state index in [9.17, 15) is 13.2 Å². The van der Waals surface area contributed by atoms with Crippen LogP contribution in [0.15, 0.2) is 24.3 Å². The molecule has 0 aliphatic carbocycles.